The zero-order chi connectivity index (χ0) is 15.2. The van der Waals surface area contributed by atoms with Crippen LogP contribution in [0.2, 0.25) is 5.02 Å². The van der Waals surface area contributed by atoms with E-state index in [0.29, 0.717) is 16.5 Å². The Labute approximate surface area is 127 Å². The molecule has 21 heavy (non-hydrogen) atoms. The largest absolute Gasteiger partial charge is 0.479 e. The smallest absolute Gasteiger partial charge is 0.344 e. The number of halogens is 1. The lowest BCUT2D eigenvalue weighted by molar-refractivity contribution is -0.144. The van der Waals surface area contributed by atoms with Crippen LogP contribution >= 0.6 is 11.6 Å². The van der Waals surface area contributed by atoms with Gasteiger partial charge in [-0.2, -0.15) is 0 Å². The van der Waals surface area contributed by atoms with Gasteiger partial charge in [-0.3, -0.25) is 4.99 Å². The molecule has 0 radical (unpaired) electrons. The highest BCUT2D eigenvalue weighted by Crippen LogP contribution is 2.23. The van der Waals surface area contributed by atoms with Gasteiger partial charge in [-0.15, -0.1) is 0 Å². The highest BCUT2D eigenvalue weighted by Gasteiger charge is 2.11. The quantitative estimate of drug-likeness (QED) is 0.851. The first-order valence-electron chi connectivity index (χ1n) is 6.34. The Hall–Kier alpha value is -2.33. The van der Waals surface area contributed by atoms with Gasteiger partial charge in [-0.25, -0.2) is 4.79 Å². The molecule has 1 unspecified atom stereocenters. The molecular formula is C16H14ClNO3. The molecule has 0 aliphatic carbocycles. The summed E-state index contributed by atoms with van der Waals surface area (Å²) in [6.45, 7) is 1.48. The van der Waals surface area contributed by atoms with Crippen molar-refractivity contribution in [2.45, 2.75) is 13.0 Å². The summed E-state index contributed by atoms with van der Waals surface area (Å²) in [6.07, 6.45) is 0.804. The summed E-state index contributed by atoms with van der Waals surface area (Å²) in [5.41, 5.74) is 1.56. The molecule has 0 heterocycles. The summed E-state index contributed by atoms with van der Waals surface area (Å²) in [4.78, 5) is 15.0. The first-order valence-corrected chi connectivity index (χ1v) is 6.72. The molecule has 2 aromatic carbocycles. The lowest BCUT2D eigenvalue weighted by Gasteiger charge is -2.09. The van der Waals surface area contributed by atoms with Crippen LogP contribution in [-0.4, -0.2) is 23.4 Å². The van der Waals surface area contributed by atoms with Gasteiger partial charge < -0.3 is 9.84 Å². The van der Waals surface area contributed by atoms with Crippen LogP contribution in [0.4, 0.5) is 5.69 Å². The molecule has 0 aromatic heterocycles. The van der Waals surface area contributed by atoms with Crippen LogP contribution in [0.5, 0.6) is 5.75 Å². The highest BCUT2D eigenvalue weighted by molar-refractivity contribution is 6.33. The van der Waals surface area contributed by atoms with E-state index < -0.39 is 12.1 Å². The lowest BCUT2D eigenvalue weighted by atomic mass is 10.2. The van der Waals surface area contributed by atoms with Gasteiger partial charge in [-0.1, -0.05) is 23.7 Å². The van der Waals surface area contributed by atoms with Crippen LogP contribution in [0, 0.1) is 0 Å². The summed E-state index contributed by atoms with van der Waals surface area (Å²) in [5.74, 6) is -0.501. The maximum absolute atomic E-state index is 10.7. The fourth-order valence-corrected chi connectivity index (χ4v) is 1.77. The molecule has 4 nitrogen and oxygen atoms in total. The second kappa shape index (κ2) is 6.90. The third-order valence-electron chi connectivity index (χ3n) is 2.75. The van der Waals surface area contributed by atoms with Gasteiger partial charge in [0.15, 0.2) is 6.10 Å². The van der Waals surface area contributed by atoms with Crippen molar-refractivity contribution in [1.82, 2.24) is 0 Å². The van der Waals surface area contributed by atoms with Gasteiger partial charge in [0.1, 0.15) is 5.75 Å². The number of hydrogen-bond donors (Lipinski definition) is 1. The number of rotatable bonds is 5. The zero-order valence-electron chi connectivity index (χ0n) is 11.4. The van der Waals surface area contributed by atoms with Gasteiger partial charge in [-0.05, 0) is 48.9 Å². The zero-order valence-corrected chi connectivity index (χ0v) is 12.1. The fourth-order valence-electron chi connectivity index (χ4n) is 1.59. The van der Waals surface area contributed by atoms with Gasteiger partial charge >= 0.3 is 5.97 Å². The van der Waals surface area contributed by atoms with Crippen molar-refractivity contribution in [3.8, 4) is 5.75 Å². The van der Waals surface area contributed by atoms with Crippen LogP contribution in [0.15, 0.2) is 53.5 Å². The minimum Gasteiger partial charge on any atom is -0.479 e. The Morgan fingerprint density at radius 2 is 1.90 bits per heavy atom. The van der Waals surface area contributed by atoms with E-state index in [1.807, 2.05) is 18.2 Å². The van der Waals surface area contributed by atoms with Crippen LogP contribution in [0.25, 0.3) is 0 Å². The van der Waals surface area contributed by atoms with Crippen LogP contribution in [0.3, 0.4) is 0 Å². The van der Waals surface area contributed by atoms with E-state index in [9.17, 15) is 4.79 Å². The second-order valence-electron chi connectivity index (χ2n) is 4.38. The molecule has 0 fully saturated rings. The molecule has 1 atom stereocenters. The Kier molecular flexibility index (Phi) is 4.95. The summed E-state index contributed by atoms with van der Waals surface area (Å²) < 4.78 is 5.25. The van der Waals surface area contributed by atoms with E-state index in [1.165, 1.54) is 6.92 Å². The summed E-state index contributed by atoms with van der Waals surface area (Å²) in [5, 5.41) is 9.36. The molecule has 0 saturated carbocycles. The number of nitrogens with zero attached hydrogens (tertiary/aromatic N) is 1. The van der Waals surface area contributed by atoms with E-state index in [-0.39, 0.29) is 0 Å². The Bertz CT molecular complexity index is 653. The number of carbonyl (C=O) groups is 1. The summed E-state index contributed by atoms with van der Waals surface area (Å²) >= 11 is 6.01. The van der Waals surface area contributed by atoms with Crippen LogP contribution < -0.4 is 4.74 Å². The Morgan fingerprint density at radius 3 is 2.52 bits per heavy atom. The topological polar surface area (TPSA) is 58.9 Å². The molecule has 0 bridgehead atoms. The molecule has 0 spiro atoms. The summed E-state index contributed by atoms with van der Waals surface area (Å²) in [7, 11) is 0. The number of carboxylic acids is 1. The number of para-hydroxylation sites is 1. The molecule has 0 aliphatic heterocycles. The van der Waals surface area contributed by atoms with E-state index in [2.05, 4.69) is 4.99 Å². The minimum absolute atomic E-state index is 0.500. The minimum atomic E-state index is -1.00. The number of ether oxygens (including phenoxy) is 1. The van der Waals surface area contributed by atoms with Gasteiger partial charge in [0.05, 0.1) is 10.7 Å². The average Bonchev–Trinajstić information content (AvgIpc) is 2.48. The second-order valence-corrected chi connectivity index (χ2v) is 4.78. The van der Waals surface area contributed by atoms with Crippen molar-refractivity contribution >= 4 is 29.5 Å². The monoisotopic (exact) mass is 303 g/mol. The predicted octanol–water partition coefficient (Wildman–Crippen LogP) is 3.94. The standard InChI is InChI=1S/C16H14ClNO3/c1-11(16(19)20)21-13-8-6-12(7-9-13)10-18-15-5-3-2-4-14(15)17/h2-11H,1H3,(H,19,20). The third kappa shape index (κ3) is 4.33. The van der Waals surface area contributed by atoms with Crippen molar-refractivity contribution in [3.05, 3.63) is 59.1 Å². The third-order valence-corrected chi connectivity index (χ3v) is 3.07. The maximum Gasteiger partial charge on any atom is 0.344 e. The number of hydrogen-bond acceptors (Lipinski definition) is 3. The normalized spacial score (nSPS) is 12.3. The Balaban J connectivity index is 2.06. The van der Waals surface area contributed by atoms with Gasteiger partial charge in [0.2, 0.25) is 0 Å². The van der Waals surface area contributed by atoms with E-state index >= 15 is 0 Å². The molecular weight excluding hydrogens is 290 g/mol. The van der Waals surface area contributed by atoms with Crippen molar-refractivity contribution in [2.24, 2.45) is 4.99 Å². The number of carboxylic acid groups (broad SMARTS) is 1. The van der Waals surface area contributed by atoms with E-state index in [4.69, 9.17) is 21.4 Å². The van der Waals surface area contributed by atoms with Gasteiger partial charge in [0.25, 0.3) is 0 Å². The molecule has 108 valence electrons. The molecule has 2 rings (SSSR count). The first-order chi connectivity index (χ1) is 10.1. The molecule has 0 aliphatic rings. The van der Waals surface area contributed by atoms with Crippen molar-refractivity contribution in [3.63, 3.8) is 0 Å². The number of aliphatic carboxylic acids is 1. The van der Waals surface area contributed by atoms with Crippen molar-refractivity contribution in [2.75, 3.05) is 0 Å². The maximum atomic E-state index is 10.7. The first kappa shape index (κ1) is 15.1. The average molecular weight is 304 g/mol. The van der Waals surface area contributed by atoms with Gasteiger partial charge in [0, 0.05) is 6.21 Å². The van der Waals surface area contributed by atoms with Crippen LogP contribution in [0.1, 0.15) is 12.5 Å². The Morgan fingerprint density at radius 1 is 1.24 bits per heavy atom. The fraction of sp³-hybridized carbons (Fsp3) is 0.125. The lowest BCUT2D eigenvalue weighted by Crippen LogP contribution is -2.22. The van der Waals surface area contributed by atoms with Crippen molar-refractivity contribution in [1.29, 1.82) is 0 Å². The summed E-state index contributed by atoms with van der Waals surface area (Å²) in [6, 6.07) is 14.3. The number of benzene rings is 2. The van der Waals surface area contributed by atoms with Crippen molar-refractivity contribution < 1.29 is 14.6 Å². The van der Waals surface area contributed by atoms with Crippen LogP contribution in [-0.2, 0) is 4.79 Å². The molecule has 0 amide bonds. The molecule has 2 aromatic rings. The highest BCUT2D eigenvalue weighted by atomic mass is 35.5. The van der Waals surface area contributed by atoms with E-state index in [0.717, 1.165) is 5.56 Å². The predicted molar refractivity (Wildman–Crippen MR) is 82.9 cm³/mol. The molecule has 1 N–H and O–H groups in total. The SMILES string of the molecule is CC(Oc1ccc(C=Nc2ccccc2Cl)cc1)C(=O)O. The molecule has 0 saturated heterocycles. The number of aliphatic imine (C=N–C) groups is 1. The van der Waals surface area contributed by atoms with E-state index in [1.54, 1.807) is 36.5 Å². The molecule has 5 heteroatoms.